The summed E-state index contributed by atoms with van der Waals surface area (Å²) in [5.41, 5.74) is 0.100. The van der Waals surface area contributed by atoms with E-state index < -0.39 is 12.3 Å². The zero-order valence-electron chi connectivity index (χ0n) is 14.6. The van der Waals surface area contributed by atoms with Crippen LogP contribution in [0, 0.1) is 0 Å². The minimum Gasteiger partial charge on any atom is -0.483 e. The van der Waals surface area contributed by atoms with Gasteiger partial charge in [-0.15, -0.1) is 13.2 Å². The van der Waals surface area contributed by atoms with Crippen LogP contribution in [0.3, 0.4) is 0 Å². The highest BCUT2D eigenvalue weighted by atomic mass is 19.4. The second kappa shape index (κ2) is 7.63. The zero-order valence-corrected chi connectivity index (χ0v) is 14.6. The highest BCUT2D eigenvalue weighted by Crippen LogP contribution is 2.25. The molecule has 0 bridgehead atoms. The summed E-state index contributed by atoms with van der Waals surface area (Å²) >= 11 is 0. The maximum atomic E-state index is 12.1. The number of fused-ring (bicyclic) bond motifs is 1. The lowest BCUT2D eigenvalue weighted by atomic mass is 10.1. The second-order valence-electron chi connectivity index (χ2n) is 5.86. The third kappa shape index (κ3) is 4.61. The Kier molecular flexibility index (Phi) is 5.25. The van der Waals surface area contributed by atoms with Crippen molar-refractivity contribution >= 4 is 22.4 Å². The molecule has 0 aliphatic carbocycles. The van der Waals surface area contributed by atoms with E-state index in [9.17, 15) is 22.8 Å². The molecule has 0 spiro atoms. The maximum absolute atomic E-state index is 12.1. The third-order valence-electron chi connectivity index (χ3n) is 3.81. The standard InChI is InChI=1S/C19H15F3N2O4/c1-24-10-9-14-15(18(24)26)3-2-4-16(14)27-11-17(25)23-12-5-7-13(8-6-12)28-19(20,21)22/h2-10H,11H2,1H3,(H,23,25). The molecule has 1 amide bonds. The molecule has 1 aromatic heterocycles. The average Bonchev–Trinajstić information content (AvgIpc) is 2.63. The van der Waals surface area contributed by atoms with Crippen molar-refractivity contribution < 1.29 is 27.4 Å². The van der Waals surface area contributed by atoms with Crippen LogP contribution in [0.25, 0.3) is 10.8 Å². The van der Waals surface area contributed by atoms with Crippen molar-refractivity contribution in [1.29, 1.82) is 0 Å². The van der Waals surface area contributed by atoms with Crippen LogP contribution in [0.4, 0.5) is 18.9 Å². The molecule has 6 nitrogen and oxygen atoms in total. The van der Waals surface area contributed by atoms with Crippen LogP contribution in [-0.4, -0.2) is 23.4 Å². The zero-order chi connectivity index (χ0) is 20.3. The number of carbonyl (C=O) groups is 1. The lowest BCUT2D eigenvalue weighted by molar-refractivity contribution is -0.274. The van der Waals surface area contributed by atoms with Gasteiger partial charge in [0.25, 0.3) is 11.5 Å². The number of nitrogens with zero attached hydrogens (tertiary/aromatic N) is 1. The number of amides is 1. The quantitative estimate of drug-likeness (QED) is 0.722. The van der Waals surface area contributed by atoms with Crippen molar-refractivity contribution in [2.45, 2.75) is 6.36 Å². The number of hydrogen-bond donors (Lipinski definition) is 1. The van der Waals surface area contributed by atoms with Gasteiger partial charge in [0.2, 0.25) is 0 Å². The molecule has 9 heteroatoms. The Morgan fingerprint density at radius 1 is 1.07 bits per heavy atom. The number of ether oxygens (including phenoxy) is 2. The molecule has 0 saturated heterocycles. The van der Waals surface area contributed by atoms with Gasteiger partial charge in [0.15, 0.2) is 6.61 Å². The maximum Gasteiger partial charge on any atom is 0.573 e. The number of pyridine rings is 1. The van der Waals surface area contributed by atoms with Gasteiger partial charge in [-0.3, -0.25) is 9.59 Å². The summed E-state index contributed by atoms with van der Waals surface area (Å²) in [5, 5.41) is 3.54. The van der Waals surface area contributed by atoms with Crippen LogP contribution in [0.2, 0.25) is 0 Å². The Morgan fingerprint density at radius 3 is 2.46 bits per heavy atom. The molecule has 0 saturated carbocycles. The SMILES string of the molecule is Cn1ccc2c(OCC(=O)Nc3ccc(OC(F)(F)F)cc3)cccc2c1=O. The Hall–Kier alpha value is -3.49. The Labute approximate surface area is 157 Å². The van der Waals surface area contributed by atoms with Gasteiger partial charge in [0.05, 0.1) is 5.39 Å². The van der Waals surface area contributed by atoms with Crippen LogP contribution in [0.15, 0.2) is 59.5 Å². The first-order chi connectivity index (χ1) is 13.2. The summed E-state index contributed by atoms with van der Waals surface area (Å²) in [6.45, 7) is -0.338. The fourth-order valence-electron chi connectivity index (χ4n) is 2.55. The summed E-state index contributed by atoms with van der Waals surface area (Å²) in [6.07, 6.45) is -3.18. The van der Waals surface area contributed by atoms with Gasteiger partial charge < -0.3 is 19.4 Å². The molecule has 0 atom stereocenters. The number of nitrogens with one attached hydrogen (secondary N) is 1. The molecule has 3 aromatic rings. The molecule has 0 fully saturated rings. The minimum atomic E-state index is -4.78. The number of alkyl halides is 3. The molecule has 0 aliphatic heterocycles. The van der Waals surface area contributed by atoms with Crippen LogP contribution >= 0.6 is 0 Å². The Morgan fingerprint density at radius 2 is 1.79 bits per heavy atom. The fraction of sp³-hybridized carbons (Fsp3) is 0.158. The van der Waals surface area contributed by atoms with Crippen LogP contribution < -0.4 is 20.3 Å². The number of carbonyl (C=O) groups excluding carboxylic acids is 1. The van der Waals surface area contributed by atoms with Crippen LogP contribution in [0.5, 0.6) is 11.5 Å². The predicted molar refractivity (Wildman–Crippen MR) is 96.4 cm³/mol. The molecule has 0 unspecified atom stereocenters. The van der Waals surface area contributed by atoms with Crippen molar-refractivity contribution in [1.82, 2.24) is 4.57 Å². The van der Waals surface area contributed by atoms with Gasteiger partial charge in [-0.1, -0.05) is 6.07 Å². The largest absolute Gasteiger partial charge is 0.573 e. The monoisotopic (exact) mass is 392 g/mol. The molecule has 3 rings (SSSR count). The van der Waals surface area contributed by atoms with Crippen molar-refractivity contribution in [3.8, 4) is 11.5 Å². The second-order valence-corrected chi connectivity index (χ2v) is 5.86. The summed E-state index contributed by atoms with van der Waals surface area (Å²) in [7, 11) is 1.63. The van der Waals surface area contributed by atoms with Crippen molar-refractivity contribution in [3.63, 3.8) is 0 Å². The van der Waals surface area contributed by atoms with E-state index in [1.807, 2.05) is 0 Å². The molecule has 1 heterocycles. The highest BCUT2D eigenvalue weighted by molar-refractivity contribution is 5.92. The number of halogens is 3. The van der Waals surface area contributed by atoms with Gasteiger partial charge in [-0.05, 0) is 42.5 Å². The molecule has 0 aliphatic rings. The first-order valence-electron chi connectivity index (χ1n) is 8.10. The van der Waals surface area contributed by atoms with Crippen molar-refractivity contribution in [3.05, 3.63) is 65.1 Å². The van der Waals surface area contributed by atoms with Gasteiger partial charge >= 0.3 is 6.36 Å². The van der Waals surface area contributed by atoms with E-state index in [0.29, 0.717) is 16.5 Å². The molecule has 28 heavy (non-hydrogen) atoms. The molecular formula is C19H15F3N2O4. The van der Waals surface area contributed by atoms with E-state index >= 15 is 0 Å². The van der Waals surface area contributed by atoms with Crippen LogP contribution in [-0.2, 0) is 11.8 Å². The molecule has 146 valence electrons. The summed E-state index contributed by atoms with van der Waals surface area (Å²) < 4.78 is 47.1. The van der Waals surface area contributed by atoms with Gasteiger partial charge in [0.1, 0.15) is 11.5 Å². The number of benzene rings is 2. The normalized spacial score (nSPS) is 11.3. The number of anilines is 1. The first kappa shape index (κ1) is 19.3. The Balaban J connectivity index is 1.64. The average molecular weight is 392 g/mol. The van der Waals surface area contributed by atoms with Crippen molar-refractivity contribution in [2.75, 3.05) is 11.9 Å². The lowest BCUT2D eigenvalue weighted by Gasteiger charge is -2.11. The fourth-order valence-corrected chi connectivity index (χ4v) is 2.55. The smallest absolute Gasteiger partial charge is 0.483 e. The summed E-state index contributed by atoms with van der Waals surface area (Å²) in [4.78, 5) is 24.2. The third-order valence-corrected chi connectivity index (χ3v) is 3.81. The highest BCUT2D eigenvalue weighted by Gasteiger charge is 2.30. The molecule has 1 N–H and O–H groups in total. The van der Waals surface area contributed by atoms with E-state index in [4.69, 9.17) is 4.74 Å². The van der Waals surface area contributed by atoms with Gasteiger partial charge in [-0.2, -0.15) is 0 Å². The topological polar surface area (TPSA) is 69.6 Å². The van der Waals surface area contributed by atoms with E-state index in [1.165, 1.54) is 16.7 Å². The van der Waals surface area contributed by atoms with Crippen LogP contribution in [0.1, 0.15) is 0 Å². The van der Waals surface area contributed by atoms with E-state index in [2.05, 4.69) is 10.1 Å². The Bertz CT molecular complexity index is 1060. The number of aromatic nitrogens is 1. The predicted octanol–water partition coefficient (Wildman–Crippen LogP) is 3.45. The number of rotatable bonds is 5. The summed E-state index contributed by atoms with van der Waals surface area (Å²) in [5.74, 6) is -0.524. The number of hydrogen-bond acceptors (Lipinski definition) is 4. The lowest BCUT2D eigenvalue weighted by Crippen LogP contribution is -2.21. The van der Waals surface area contributed by atoms with E-state index in [1.54, 1.807) is 37.5 Å². The van der Waals surface area contributed by atoms with E-state index in [-0.39, 0.29) is 23.6 Å². The summed E-state index contributed by atoms with van der Waals surface area (Å²) in [6, 6.07) is 11.4. The van der Waals surface area contributed by atoms with Crippen molar-refractivity contribution in [2.24, 2.45) is 7.05 Å². The molecule has 0 radical (unpaired) electrons. The van der Waals surface area contributed by atoms with E-state index in [0.717, 1.165) is 12.1 Å². The number of aryl methyl sites for hydroxylation is 1. The van der Waals surface area contributed by atoms with Gasteiger partial charge in [-0.25, -0.2) is 0 Å². The van der Waals surface area contributed by atoms with Gasteiger partial charge in [0, 0.05) is 24.3 Å². The minimum absolute atomic E-state index is 0.187. The molecular weight excluding hydrogens is 377 g/mol. The molecule has 2 aromatic carbocycles. The first-order valence-corrected chi connectivity index (χ1v) is 8.10.